The molecule has 0 aliphatic heterocycles. The Hall–Kier alpha value is -3.08. The summed E-state index contributed by atoms with van der Waals surface area (Å²) in [5.74, 6) is -1.63. The number of esters is 3. The van der Waals surface area contributed by atoms with Gasteiger partial charge < -0.3 is 24.2 Å². The van der Waals surface area contributed by atoms with E-state index in [0.717, 1.165) is 83.5 Å². The maximum absolute atomic E-state index is 12.8. The number of aliphatic hydroxyl groups is 1. The van der Waals surface area contributed by atoms with Crippen molar-refractivity contribution in [3.05, 3.63) is 72.9 Å². The Kier molecular flexibility index (Phi) is 44.2. The van der Waals surface area contributed by atoms with Gasteiger partial charge in [-0.3, -0.25) is 23.4 Å². The van der Waals surface area contributed by atoms with Gasteiger partial charge in [-0.25, -0.2) is 4.57 Å². The van der Waals surface area contributed by atoms with Crippen LogP contribution >= 0.6 is 7.82 Å². The van der Waals surface area contributed by atoms with Gasteiger partial charge in [-0.05, 0) is 64.2 Å². The molecule has 368 valence electrons. The van der Waals surface area contributed by atoms with Crippen LogP contribution in [0.4, 0.5) is 0 Å². The van der Waals surface area contributed by atoms with Gasteiger partial charge in [-0.1, -0.05) is 190 Å². The van der Waals surface area contributed by atoms with Crippen LogP contribution in [0.3, 0.4) is 0 Å². The summed E-state index contributed by atoms with van der Waals surface area (Å²) in [4.78, 5) is 48.1. The monoisotopic (exact) mass is 921 g/mol. The fraction of sp³-hybridized carbons (Fsp3) is 0.712. The van der Waals surface area contributed by atoms with E-state index in [1.807, 2.05) is 18.2 Å². The van der Waals surface area contributed by atoms with Crippen molar-refractivity contribution in [1.29, 1.82) is 0 Å². The van der Waals surface area contributed by atoms with E-state index in [1.165, 1.54) is 57.8 Å². The quantitative estimate of drug-likeness (QED) is 0.0197. The van der Waals surface area contributed by atoms with Crippen LogP contribution in [0.5, 0.6) is 0 Å². The Balaban J connectivity index is 4.88. The molecule has 12 heteroatoms. The summed E-state index contributed by atoms with van der Waals surface area (Å²) >= 11 is 0. The highest BCUT2D eigenvalue weighted by atomic mass is 31.2. The highest BCUT2D eigenvalue weighted by Gasteiger charge is 2.28. The average molecular weight is 921 g/mol. The summed E-state index contributed by atoms with van der Waals surface area (Å²) in [5, 5.41) is 9.74. The van der Waals surface area contributed by atoms with E-state index in [0.29, 0.717) is 19.3 Å². The van der Waals surface area contributed by atoms with Gasteiger partial charge in [0.15, 0.2) is 6.10 Å². The van der Waals surface area contributed by atoms with E-state index in [4.69, 9.17) is 23.3 Å². The standard InChI is InChI=1S/C52H89O11P/c1-4-7-10-13-16-19-22-23-24-25-28-31-34-37-40-43-52(56)63-49(45-59-50(54)41-38-35-32-29-26-20-17-14-11-8-5-2)47-61-64(57,58)60-46-48(44-53)62-51(55)42-39-36-33-30-27-21-18-15-12-9-6-3/h7,10,15-16,18-19,23-24,28,31,37,40,48-49,53H,4-6,8-9,11-14,17,20-22,25-27,29-30,32-36,38-39,41-47H2,1-3H3,(H,57,58)/b10-7-,18-15-,19-16-,24-23-,31-28-,40-37-. The summed E-state index contributed by atoms with van der Waals surface area (Å²) < 4.78 is 39.1. The first-order valence-corrected chi connectivity index (χ1v) is 26.3. The minimum atomic E-state index is -4.76. The minimum Gasteiger partial charge on any atom is -0.462 e. The fourth-order valence-corrected chi connectivity index (χ4v) is 7.14. The number of carbonyl (C=O) groups is 3. The molecule has 0 bridgehead atoms. The summed E-state index contributed by atoms with van der Waals surface area (Å²) in [6.07, 6.45) is 49.1. The van der Waals surface area contributed by atoms with Gasteiger partial charge in [0.2, 0.25) is 0 Å². The molecule has 3 unspecified atom stereocenters. The normalized spacial score (nSPS) is 14.1. The van der Waals surface area contributed by atoms with Crippen LogP contribution in [0.1, 0.15) is 201 Å². The van der Waals surface area contributed by atoms with Gasteiger partial charge in [0, 0.05) is 12.8 Å². The molecule has 0 saturated heterocycles. The lowest BCUT2D eigenvalue weighted by atomic mass is 10.1. The zero-order chi connectivity index (χ0) is 47.0. The highest BCUT2D eigenvalue weighted by molar-refractivity contribution is 7.47. The number of rotatable bonds is 45. The minimum absolute atomic E-state index is 0.0651. The van der Waals surface area contributed by atoms with Crippen molar-refractivity contribution in [1.82, 2.24) is 0 Å². The second-order valence-electron chi connectivity index (χ2n) is 16.3. The van der Waals surface area contributed by atoms with Crippen molar-refractivity contribution >= 4 is 25.7 Å². The Morgan fingerprint density at radius 1 is 0.469 bits per heavy atom. The van der Waals surface area contributed by atoms with Crippen LogP contribution in [0, 0.1) is 0 Å². The van der Waals surface area contributed by atoms with Crippen LogP contribution in [-0.2, 0) is 42.2 Å². The molecule has 2 N–H and O–H groups in total. The molecule has 0 aromatic rings. The SMILES string of the molecule is CC/C=C\C/C=C\C/C=C\C/C=C\C/C=C\CC(=O)OC(COC(=O)CCCCCCCCCCCCC)COP(=O)(O)OCC(CO)OC(=O)CCCCCCC/C=C\CCCC. The Morgan fingerprint density at radius 2 is 0.891 bits per heavy atom. The largest absolute Gasteiger partial charge is 0.472 e. The van der Waals surface area contributed by atoms with Crippen molar-refractivity contribution in [3.63, 3.8) is 0 Å². The van der Waals surface area contributed by atoms with Crippen molar-refractivity contribution in [2.75, 3.05) is 26.4 Å². The second kappa shape index (κ2) is 46.4. The van der Waals surface area contributed by atoms with Crippen molar-refractivity contribution in [3.8, 4) is 0 Å². The molecule has 3 atom stereocenters. The van der Waals surface area contributed by atoms with E-state index in [-0.39, 0.29) is 25.9 Å². The number of hydrogen-bond donors (Lipinski definition) is 2. The third kappa shape index (κ3) is 44.1. The number of allylic oxidation sites excluding steroid dienone is 11. The van der Waals surface area contributed by atoms with Crippen LogP contribution in [0.15, 0.2) is 72.9 Å². The second-order valence-corrected chi connectivity index (χ2v) is 17.7. The average Bonchev–Trinajstić information content (AvgIpc) is 3.28. The number of phosphoric acid groups is 1. The maximum Gasteiger partial charge on any atom is 0.472 e. The molecular formula is C52H89O11P. The lowest BCUT2D eigenvalue weighted by molar-refractivity contribution is -0.160. The molecule has 0 saturated carbocycles. The van der Waals surface area contributed by atoms with E-state index in [1.54, 1.807) is 6.08 Å². The van der Waals surface area contributed by atoms with Crippen molar-refractivity contribution in [2.24, 2.45) is 0 Å². The molecule has 64 heavy (non-hydrogen) atoms. The molecule has 0 radical (unpaired) electrons. The van der Waals surface area contributed by atoms with Gasteiger partial charge in [-0.2, -0.15) is 0 Å². The van der Waals surface area contributed by atoms with Gasteiger partial charge in [-0.15, -0.1) is 0 Å². The molecule has 0 amide bonds. The molecule has 0 heterocycles. The smallest absolute Gasteiger partial charge is 0.462 e. The number of unbranched alkanes of at least 4 members (excludes halogenated alkanes) is 17. The third-order valence-corrected chi connectivity index (χ3v) is 11.1. The maximum atomic E-state index is 12.8. The molecule has 0 rings (SSSR count). The van der Waals surface area contributed by atoms with Crippen LogP contribution in [0.2, 0.25) is 0 Å². The van der Waals surface area contributed by atoms with Crippen molar-refractivity contribution < 1.29 is 52.2 Å². The van der Waals surface area contributed by atoms with E-state index >= 15 is 0 Å². The Bertz CT molecular complexity index is 1350. The van der Waals surface area contributed by atoms with Gasteiger partial charge in [0.05, 0.1) is 26.2 Å². The molecule has 11 nitrogen and oxygen atoms in total. The number of aliphatic hydroxyl groups excluding tert-OH is 1. The Morgan fingerprint density at radius 3 is 1.41 bits per heavy atom. The lowest BCUT2D eigenvalue weighted by Gasteiger charge is -2.21. The Labute approximate surface area is 388 Å². The van der Waals surface area contributed by atoms with Gasteiger partial charge in [0.25, 0.3) is 0 Å². The third-order valence-electron chi connectivity index (χ3n) is 10.1. The topological polar surface area (TPSA) is 155 Å². The molecule has 0 aromatic carbocycles. The van der Waals surface area contributed by atoms with Crippen LogP contribution in [-0.4, -0.2) is 66.5 Å². The predicted molar refractivity (Wildman–Crippen MR) is 261 cm³/mol. The zero-order valence-electron chi connectivity index (χ0n) is 40.2. The van der Waals surface area contributed by atoms with E-state index in [2.05, 4.69) is 69.4 Å². The van der Waals surface area contributed by atoms with E-state index in [9.17, 15) is 28.9 Å². The molecule has 0 aromatic heterocycles. The number of carbonyl (C=O) groups excluding carboxylic acids is 3. The first-order valence-electron chi connectivity index (χ1n) is 24.8. The van der Waals surface area contributed by atoms with E-state index < -0.39 is 57.8 Å². The van der Waals surface area contributed by atoms with Crippen LogP contribution in [0.25, 0.3) is 0 Å². The zero-order valence-corrected chi connectivity index (χ0v) is 41.1. The van der Waals surface area contributed by atoms with Gasteiger partial charge >= 0.3 is 25.7 Å². The summed E-state index contributed by atoms with van der Waals surface area (Å²) in [6, 6.07) is 0. The number of hydrogen-bond acceptors (Lipinski definition) is 10. The number of ether oxygens (including phenoxy) is 3. The molecule has 0 spiro atoms. The molecule has 0 fully saturated rings. The fourth-order valence-electron chi connectivity index (χ4n) is 6.35. The molecule has 0 aliphatic carbocycles. The summed E-state index contributed by atoms with van der Waals surface area (Å²) in [7, 11) is -4.76. The van der Waals surface area contributed by atoms with Crippen molar-refractivity contribution in [2.45, 2.75) is 213 Å². The lowest BCUT2D eigenvalue weighted by Crippen LogP contribution is -2.30. The predicted octanol–water partition coefficient (Wildman–Crippen LogP) is 13.8. The van der Waals surface area contributed by atoms with Crippen LogP contribution < -0.4 is 0 Å². The highest BCUT2D eigenvalue weighted by Crippen LogP contribution is 2.43. The number of phosphoric ester groups is 1. The summed E-state index contributed by atoms with van der Waals surface area (Å²) in [6.45, 7) is 4.33. The first-order chi connectivity index (χ1) is 31.2. The van der Waals surface area contributed by atoms with Gasteiger partial charge in [0.1, 0.15) is 12.7 Å². The molecule has 0 aliphatic rings. The molecular weight excluding hydrogens is 832 g/mol. The summed E-state index contributed by atoms with van der Waals surface area (Å²) in [5.41, 5.74) is 0. The first kappa shape index (κ1) is 60.9.